The van der Waals surface area contributed by atoms with Crippen LogP contribution in [0.3, 0.4) is 0 Å². The predicted molar refractivity (Wildman–Crippen MR) is 70.6 cm³/mol. The third-order valence-electron chi connectivity index (χ3n) is 2.50. The van der Waals surface area contributed by atoms with Crippen molar-refractivity contribution in [3.63, 3.8) is 0 Å². The first-order valence-corrected chi connectivity index (χ1v) is 7.56. The summed E-state index contributed by atoms with van der Waals surface area (Å²) in [5, 5.41) is 7.67. The largest absolute Gasteiger partial charge is 0.381 e. The molecule has 0 unspecified atom stereocenters. The second-order valence-electron chi connectivity index (χ2n) is 3.94. The molecule has 0 spiro atoms. The Morgan fingerprint density at radius 1 is 1.56 bits per heavy atom. The normalized spacial score (nSPS) is 12.2. The average molecular weight is 286 g/mol. The highest BCUT2D eigenvalue weighted by Crippen LogP contribution is 2.21. The number of nitrogen functional groups attached to an aromatic ring is 1. The van der Waals surface area contributed by atoms with E-state index in [0.717, 1.165) is 5.56 Å². The van der Waals surface area contributed by atoms with Crippen LogP contribution in [0.15, 0.2) is 27.9 Å². The molecule has 2 aromatic heterocycles. The van der Waals surface area contributed by atoms with E-state index in [9.17, 15) is 8.42 Å². The van der Waals surface area contributed by atoms with Gasteiger partial charge in [-0.15, -0.1) is 0 Å². The molecule has 0 amide bonds. The van der Waals surface area contributed by atoms with Gasteiger partial charge in [0.15, 0.2) is 5.82 Å². The molecule has 0 fully saturated rings. The van der Waals surface area contributed by atoms with Crippen molar-refractivity contribution in [2.45, 2.75) is 11.4 Å². The number of aromatic nitrogens is 2. The van der Waals surface area contributed by atoms with E-state index >= 15 is 0 Å². The summed E-state index contributed by atoms with van der Waals surface area (Å²) >= 11 is 1.53. The third-order valence-corrected chi connectivity index (χ3v) is 5.05. The van der Waals surface area contributed by atoms with Gasteiger partial charge in [-0.3, -0.25) is 4.68 Å². The van der Waals surface area contributed by atoms with Gasteiger partial charge in [0.2, 0.25) is 10.0 Å². The molecule has 0 saturated heterocycles. The fourth-order valence-electron chi connectivity index (χ4n) is 1.58. The van der Waals surface area contributed by atoms with Crippen LogP contribution in [-0.2, 0) is 23.6 Å². The minimum Gasteiger partial charge on any atom is -0.381 e. The van der Waals surface area contributed by atoms with Gasteiger partial charge in [0.05, 0.1) is 0 Å². The number of anilines is 1. The molecule has 0 aliphatic heterocycles. The zero-order valence-corrected chi connectivity index (χ0v) is 11.7. The van der Waals surface area contributed by atoms with Gasteiger partial charge < -0.3 is 5.73 Å². The maximum atomic E-state index is 12.3. The Balaban J connectivity index is 2.28. The lowest BCUT2D eigenvalue weighted by molar-refractivity contribution is 0.467. The Labute approximate surface area is 110 Å². The van der Waals surface area contributed by atoms with Gasteiger partial charge in [0, 0.05) is 26.8 Å². The van der Waals surface area contributed by atoms with E-state index in [0.29, 0.717) is 6.54 Å². The van der Waals surface area contributed by atoms with E-state index in [1.807, 2.05) is 16.8 Å². The van der Waals surface area contributed by atoms with Crippen molar-refractivity contribution in [3.8, 4) is 0 Å². The van der Waals surface area contributed by atoms with Crippen LogP contribution in [0.1, 0.15) is 5.56 Å². The molecule has 2 aromatic rings. The molecule has 2 rings (SSSR count). The smallest absolute Gasteiger partial charge is 0.248 e. The third kappa shape index (κ3) is 2.40. The number of nitrogens with two attached hydrogens (primary N) is 1. The summed E-state index contributed by atoms with van der Waals surface area (Å²) in [5.74, 6) is 0.0228. The van der Waals surface area contributed by atoms with Crippen LogP contribution in [0, 0.1) is 0 Å². The quantitative estimate of drug-likeness (QED) is 0.905. The van der Waals surface area contributed by atoms with Crippen LogP contribution in [0.25, 0.3) is 0 Å². The van der Waals surface area contributed by atoms with Gasteiger partial charge >= 0.3 is 0 Å². The molecule has 2 heterocycles. The number of sulfonamides is 1. The topological polar surface area (TPSA) is 81.2 Å². The first-order valence-electron chi connectivity index (χ1n) is 5.18. The first-order chi connectivity index (χ1) is 8.41. The second-order valence-corrected chi connectivity index (χ2v) is 6.74. The summed E-state index contributed by atoms with van der Waals surface area (Å²) < 4.78 is 27.2. The lowest BCUT2D eigenvalue weighted by Crippen LogP contribution is -2.26. The van der Waals surface area contributed by atoms with Gasteiger partial charge in [-0.05, 0) is 22.4 Å². The lowest BCUT2D eigenvalue weighted by Gasteiger charge is -2.15. The van der Waals surface area contributed by atoms with Crippen LogP contribution in [0.5, 0.6) is 0 Å². The number of rotatable bonds is 4. The minimum absolute atomic E-state index is 0.0228. The molecular weight excluding hydrogens is 272 g/mol. The van der Waals surface area contributed by atoms with Crippen LogP contribution >= 0.6 is 11.3 Å². The summed E-state index contributed by atoms with van der Waals surface area (Å²) in [6, 6.07) is 1.89. The monoisotopic (exact) mass is 286 g/mol. The molecule has 0 bridgehead atoms. The van der Waals surface area contributed by atoms with Crippen LogP contribution in [0.2, 0.25) is 0 Å². The molecule has 98 valence electrons. The molecule has 8 heteroatoms. The van der Waals surface area contributed by atoms with Gasteiger partial charge in [0.25, 0.3) is 0 Å². The zero-order valence-electron chi connectivity index (χ0n) is 10.1. The molecule has 0 aliphatic carbocycles. The molecule has 2 N–H and O–H groups in total. The highest BCUT2D eigenvalue weighted by molar-refractivity contribution is 7.89. The number of thiophene rings is 1. The number of hydrogen-bond donors (Lipinski definition) is 1. The van der Waals surface area contributed by atoms with E-state index < -0.39 is 10.0 Å². The Morgan fingerprint density at radius 3 is 2.78 bits per heavy atom. The van der Waals surface area contributed by atoms with Gasteiger partial charge in [-0.1, -0.05) is 0 Å². The van der Waals surface area contributed by atoms with E-state index in [4.69, 9.17) is 5.73 Å². The van der Waals surface area contributed by atoms with E-state index in [1.165, 1.54) is 33.6 Å². The summed E-state index contributed by atoms with van der Waals surface area (Å²) in [5.41, 5.74) is 6.56. The molecule has 0 saturated carbocycles. The molecule has 0 aromatic carbocycles. The number of hydrogen-bond acceptors (Lipinski definition) is 5. The Morgan fingerprint density at radius 2 is 2.28 bits per heavy atom. The van der Waals surface area contributed by atoms with Crippen LogP contribution in [0.4, 0.5) is 5.82 Å². The molecule has 6 nitrogen and oxygen atoms in total. The molecule has 0 aliphatic rings. The lowest BCUT2D eigenvalue weighted by atomic mass is 10.3. The summed E-state index contributed by atoms with van der Waals surface area (Å²) in [4.78, 5) is 0.0442. The van der Waals surface area contributed by atoms with Crippen LogP contribution in [-0.4, -0.2) is 29.6 Å². The van der Waals surface area contributed by atoms with Crippen molar-refractivity contribution in [1.82, 2.24) is 14.1 Å². The maximum Gasteiger partial charge on any atom is 0.248 e. The Bertz CT molecular complexity index is 631. The second kappa shape index (κ2) is 4.71. The molecule has 0 atom stereocenters. The first kappa shape index (κ1) is 13.1. The Kier molecular flexibility index (Phi) is 3.42. The fourth-order valence-corrected chi connectivity index (χ4v) is 3.48. The maximum absolute atomic E-state index is 12.3. The van der Waals surface area contributed by atoms with Gasteiger partial charge in [-0.25, -0.2) is 8.42 Å². The standard InChI is InChI=1S/C10H14N4O2S2/c1-13-6-9(10(11)12-13)18(15,16)14(2)5-8-3-4-17-7-8/h3-4,6-7H,5H2,1-2H3,(H2,11,12). The zero-order chi connectivity index (χ0) is 13.3. The van der Waals surface area contributed by atoms with Crippen molar-refractivity contribution in [2.75, 3.05) is 12.8 Å². The summed E-state index contributed by atoms with van der Waals surface area (Å²) in [6.45, 7) is 0.320. The van der Waals surface area contributed by atoms with Crippen molar-refractivity contribution < 1.29 is 8.42 Å². The van der Waals surface area contributed by atoms with E-state index in [1.54, 1.807) is 7.05 Å². The van der Waals surface area contributed by atoms with Crippen molar-refractivity contribution >= 4 is 27.2 Å². The van der Waals surface area contributed by atoms with E-state index in [-0.39, 0.29) is 10.7 Å². The summed E-state index contributed by atoms with van der Waals surface area (Å²) in [7, 11) is -0.435. The van der Waals surface area contributed by atoms with Crippen molar-refractivity contribution in [3.05, 3.63) is 28.6 Å². The van der Waals surface area contributed by atoms with Gasteiger partial charge in [-0.2, -0.15) is 20.7 Å². The Hall–Kier alpha value is -1.38. The fraction of sp³-hybridized carbons (Fsp3) is 0.300. The highest BCUT2D eigenvalue weighted by atomic mass is 32.2. The summed E-state index contributed by atoms with van der Waals surface area (Å²) in [6.07, 6.45) is 1.41. The highest BCUT2D eigenvalue weighted by Gasteiger charge is 2.25. The van der Waals surface area contributed by atoms with Crippen molar-refractivity contribution in [2.24, 2.45) is 7.05 Å². The number of aryl methyl sites for hydroxylation is 1. The van der Waals surface area contributed by atoms with Crippen molar-refractivity contribution in [1.29, 1.82) is 0 Å². The van der Waals surface area contributed by atoms with Gasteiger partial charge in [0.1, 0.15) is 4.90 Å². The predicted octanol–water partition coefficient (Wildman–Crippen LogP) is 0.885. The SMILES string of the molecule is CN(Cc1ccsc1)S(=O)(=O)c1cn(C)nc1N. The molecule has 18 heavy (non-hydrogen) atoms. The molecule has 0 radical (unpaired) electrons. The molecular formula is C10H14N4O2S2. The average Bonchev–Trinajstić information content (AvgIpc) is 2.88. The van der Waals surface area contributed by atoms with E-state index in [2.05, 4.69) is 5.10 Å². The minimum atomic E-state index is -3.60. The number of nitrogens with zero attached hydrogens (tertiary/aromatic N) is 3. The van der Waals surface area contributed by atoms with Crippen LogP contribution < -0.4 is 5.73 Å².